The minimum Gasteiger partial charge on any atom is -0.321 e. The van der Waals surface area contributed by atoms with Crippen molar-refractivity contribution in [2.24, 2.45) is 0 Å². The van der Waals surface area contributed by atoms with Crippen LogP contribution in [0.2, 0.25) is 5.02 Å². The lowest BCUT2D eigenvalue weighted by atomic mass is 10.1. The predicted octanol–water partition coefficient (Wildman–Crippen LogP) is 3.99. The molecule has 2 heterocycles. The first kappa shape index (κ1) is 18.7. The van der Waals surface area contributed by atoms with Crippen LogP contribution < -0.4 is 9.62 Å². The summed E-state index contributed by atoms with van der Waals surface area (Å²) in [5.41, 5.74) is 2.80. The van der Waals surface area contributed by atoms with Crippen LogP contribution in [-0.2, 0) is 10.0 Å². The summed E-state index contributed by atoms with van der Waals surface area (Å²) in [5.74, 6) is -0.204. The van der Waals surface area contributed by atoms with Gasteiger partial charge in [-0.1, -0.05) is 29.8 Å². The van der Waals surface area contributed by atoms with Gasteiger partial charge in [0.1, 0.15) is 0 Å². The number of carbonyl (C=O) groups is 1. The molecule has 1 fully saturated rings. The lowest BCUT2D eigenvalue weighted by molar-refractivity contribution is 0.102. The molecule has 0 unspecified atom stereocenters. The Morgan fingerprint density at radius 3 is 2.71 bits per heavy atom. The van der Waals surface area contributed by atoms with Crippen molar-refractivity contribution in [3.8, 4) is 0 Å². The number of nitrogens with zero attached hydrogens (tertiary/aromatic N) is 2. The highest BCUT2D eigenvalue weighted by Gasteiger charge is 2.29. The zero-order chi connectivity index (χ0) is 19.9. The first-order chi connectivity index (χ1) is 13.3. The molecule has 3 aromatic rings. The monoisotopic (exact) mass is 415 g/mol. The number of benzene rings is 2. The highest BCUT2D eigenvalue weighted by atomic mass is 35.5. The highest BCUT2D eigenvalue weighted by molar-refractivity contribution is 7.93. The van der Waals surface area contributed by atoms with Gasteiger partial charge >= 0.3 is 0 Å². The molecular weight excluding hydrogens is 398 g/mol. The van der Waals surface area contributed by atoms with E-state index in [-0.39, 0.29) is 11.7 Å². The molecule has 0 radical (unpaired) electrons. The summed E-state index contributed by atoms with van der Waals surface area (Å²) in [5, 5.41) is 3.89. The number of aromatic nitrogens is 1. The number of sulfonamides is 1. The number of anilines is 2. The fraction of sp³-hybridized carbons (Fsp3) is 0.200. The molecule has 4 rings (SSSR count). The van der Waals surface area contributed by atoms with Crippen LogP contribution >= 0.6 is 11.6 Å². The van der Waals surface area contributed by atoms with Crippen LogP contribution in [0.25, 0.3) is 10.9 Å². The summed E-state index contributed by atoms with van der Waals surface area (Å²) < 4.78 is 25.7. The zero-order valence-electron chi connectivity index (χ0n) is 15.1. The summed E-state index contributed by atoms with van der Waals surface area (Å²) in [7, 11) is -3.32. The standard InChI is InChI=1S/C20H18ClN3O3S/c1-13-11-16(15-5-2-3-6-18(15)22-13)20(25)23-19-12-14(7-8-17(19)21)24-9-4-10-28(24,26)27/h2-3,5-8,11-12H,4,9-10H2,1H3,(H,23,25). The first-order valence-electron chi connectivity index (χ1n) is 8.83. The smallest absolute Gasteiger partial charge is 0.256 e. The number of hydrogen-bond donors (Lipinski definition) is 1. The van der Waals surface area contributed by atoms with Gasteiger partial charge in [-0.25, -0.2) is 8.42 Å². The van der Waals surface area contributed by atoms with Crippen molar-refractivity contribution in [1.29, 1.82) is 0 Å². The lowest BCUT2D eigenvalue weighted by Gasteiger charge is -2.18. The molecule has 8 heteroatoms. The molecule has 0 spiro atoms. The molecule has 1 aliphatic rings. The number of rotatable bonds is 3. The maximum atomic E-state index is 13.0. The molecule has 0 aliphatic carbocycles. The SMILES string of the molecule is Cc1cc(C(=O)Nc2cc(N3CCCS3(=O)=O)ccc2Cl)c2ccccc2n1. The fourth-order valence-corrected chi connectivity index (χ4v) is 5.10. The Labute approximate surface area is 168 Å². The van der Waals surface area contributed by atoms with Crippen LogP contribution in [-0.4, -0.2) is 31.6 Å². The Hall–Kier alpha value is -2.64. The number of para-hydroxylation sites is 1. The largest absolute Gasteiger partial charge is 0.321 e. The Balaban J connectivity index is 1.70. The van der Waals surface area contributed by atoms with Crippen molar-refractivity contribution in [3.05, 3.63) is 64.8 Å². The van der Waals surface area contributed by atoms with E-state index < -0.39 is 10.0 Å². The van der Waals surface area contributed by atoms with Crippen LogP contribution in [0.4, 0.5) is 11.4 Å². The van der Waals surface area contributed by atoms with E-state index in [1.54, 1.807) is 24.3 Å². The molecule has 2 aromatic carbocycles. The zero-order valence-corrected chi connectivity index (χ0v) is 16.7. The molecule has 1 N–H and O–H groups in total. The predicted molar refractivity (Wildman–Crippen MR) is 112 cm³/mol. The molecule has 1 amide bonds. The summed E-state index contributed by atoms with van der Waals surface area (Å²) in [6.45, 7) is 2.25. The Morgan fingerprint density at radius 1 is 1.18 bits per heavy atom. The number of pyridine rings is 1. The van der Waals surface area contributed by atoms with Gasteiger partial charge in [0.2, 0.25) is 10.0 Å². The van der Waals surface area contributed by atoms with E-state index in [1.807, 2.05) is 31.2 Å². The van der Waals surface area contributed by atoms with E-state index in [0.717, 1.165) is 16.6 Å². The lowest BCUT2D eigenvalue weighted by Crippen LogP contribution is -2.25. The van der Waals surface area contributed by atoms with Crippen molar-refractivity contribution in [2.45, 2.75) is 13.3 Å². The van der Waals surface area contributed by atoms with Crippen LogP contribution in [0.1, 0.15) is 22.5 Å². The van der Waals surface area contributed by atoms with Gasteiger partial charge < -0.3 is 5.32 Å². The molecule has 1 saturated heterocycles. The average Bonchev–Trinajstić information content (AvgIpc) is 3.02. The van der Waals surface area contributed by atoms with Crippen LogP contribution in [0.15, 0.2) is 48.5 Å². The van der Waals surface area contributed by atoms with Gasteiger partial charge in [0.25, 0.3) is 5.91 Å². The first-order valence-corrected chi connectivity index (χ1v) is 10.8. The number of carbonyl (C=O) groups excluding carboxylic acids is 1. The molecule has 1 aromatic heterocycles. The van der Waals surface area contributed by atoms with Crippen molar-refractivity contribution in [3.63, 3.8) is 0 Å². The number of halogens is 1. The van der Waals surface area contributed by atoms with Gasteiger partial charge in [-0.05, 0) is 43.7 Å². The normalized spacial score (nSPS) is 15.7. The maximum absolute atomic E-state index is 13.0. The quantitative estimate of drug-likeness (QED) is 0.701. The van der Waals surface area contributed by atoms with Gasteiger partial charge in [0, 0.05) is 17.6 Å². The average molecular weight is 416 g/mol. The van der Waals surface area contributed by atoms with E-state index in [1.165, 1.54) is 4.31 Å². The topological polar surface area (TPSA) is 79.4 Å². The molecule has 0 bridgehead atoms. The van der Waals surface area contributed by atoms with Crippen LogP contribution in [0.3, 0.4) is 0 Å². The van der Waals surface area contributed by atoms with Crippen LogP contribution in [0.5, 0.6) is 0 Å². The second-order valence-corrected chi connectivity index (χ2v) is 9.11. The third-order valence-electron chi connectivity index (χ3n) is 4.67. The van der Waals surface area contributed by atoms with Crippen molar-refractivity contribution in [1.82, 2.24) is 4.98 Å². The number of amides is 1. The molecular formula is C20H18ClN3O3S. The highest BCUT2D eigenvalue weighted by Crippen LogP contribution is 2.32. The Kier molecular flexibility index (Phi) is 4.72. The van der Waals surface area contributed by atoms with Gasteiger partial charge in [-0.15, -0.1) is 0 Å². The minimum absolute atomic E-state index is 0.125. The van der Waals surface area contributed by atoms with Crippen LogP contribution in [0, 0.1) is 6.92 Å². The third kappa shape index (κ3) is 3.43. The van der Waals surface area contributed by atoms with E-state index in [9.17, 15) is 13.2 Å². The molecule has 1 aliphatic heterocycles. The van der Waals surface area contributed by atoms with Gasteiger partial charge in [0.05, 0.1) is 33.2 Å². The second-order valence-electron chi connectivity index (χ2n) is 6.69. The third-order valence-corrected chi connectivity index (χ3v) is 6.87. The maximum Gasteiger partial charge on any atom is 0.256 e. The summed E-state index contributed by atoms with van der Waals surface area (Å²) in [6.07, 6.45) is 0.578. The number of nitrogens with one attached hydrogen (secondary N) is 1. The summed E-state index contributed by atoms with van der Waals surface area (Å²) in [4.78, 5) is 17.4. The number of hydrogen-bond acceptors (Lipinski definition) is 4. The summed E-state index contributed by atoms with van der Waals surface area (Å²) >= 11 is 6.26. The molecule has 0 saturated carbocycles. The van der Waals surface area contributed by atoms with E-state index >= 15 is 0 Å². The van der Waals surface area contributed by atoms with Crippen molar-refractivity contribution in [2.75, 3.05) is 21.9 Å². The fourth-order valence-electron chi connectivity index (χ4n) is 3.38. The summed E-state index contributed by atoms with van der Waals surface area (Å²) in [6, 6.07) is 14.0. The second kappa shape index (κ2) is 7.07. The van der Waals surface area contributed by atoms with Gasteiger partial charge in [0.15, 0.2) is 0 Å². The Bertz CT molecular complexity index is 1190. The van der Waals surface area contributed by atoms with E-state index in [2.05, 4.69) is 10.3 Å². The van der Waals surface area contributed by atoms with E-state index in [4.69, 9.17) is 11.6 Å². The number of fused-ring (bicyclic) bond motifs is 1. The minimum atomic E-state index is -3.32. The van der Waals surface area contributed by atoms with Crippen molar-refractivity contribution < 1.29 is 13.2 Å². The molecule has 6 nitrogen and oxygen atoms in total. The number of aryl methyl sites for hydroxylation is 1. The Morgan fingerprint density at radius 2 is 1.96 bits per heavy atom. The van der Waals surface area contributed by atoms with E-state index in [0.29, 0.717) is 34.9 Å². The molecule has 28 heavy (non-hydrogen) atoms. The van der Waals surface area contributed by atoms with Crippen molar-refractivity contribution >= 4 is 49.8 Å². The van der Waals surface area contributed by atoms with Gasteiger partial charge in [-0.2, -0.15) is 0 Å². The molecule has 0 atom stereocenters. The van der Waals surface area contributed by atoms with Gasteiger partial charge in [-0.3, -0.25) is 14.1 Å². The molecule has 144 valence electrons.